The highest BCUT2D eigenvalue weighted by molar-refractivity contribution is 6.04. The molecule has 1 N–H and O–H groups in total. The summed E-state index contributed by atoms with van der Waals surface area (Å²) in [4.78, 5) is 20.9. The van der Waals surface area contributed by atoms with Crippen LogP contribution in [0, 0.1) is 11.7 Å². The lowest BCUT2D eigenvalue weighted by atomic mass is 9.83. The van der Waals surface area contributed by atoms with Gasteiger partial charge in [-0.25, -0.2) is 4.39 Å². The SMILES string of the molecule is CCCNC(=O)C1=CC=C(C(CCC(C)C)N2CC(c3ccc(-c4ccc(F)cc4)cc3)=NC23CCCCC3)CC1. The molecule has 2 aliphatic carbocycles. The Bertz CT molecular complexity index is 1280. The molecular weight excluding hydrogens is 509 g/mol. The lowest BCUT2D eigenvalue weighted by Gasteiger charge is -2.45. The van der Waals surface area contributed by atoms with Crippen molar-refractivity contribution in [2.75, 3.05) is 13.1 Å². The lowest BCUT2D eigenvalue weighted by Crippen LogP contribution is -2.52. The van der Waals surface area contributed by atoms with Gasteiger partial charge in [-0.3, -0.25) is 14.7 Å². The molecular formula is C36H46FN3O. The maximum Gasteiger partial charge on any atom is 0.247 e. The molecule has 2 aromatic rings. The summed E-state index contributed by atoms with van der Waals surface area (Å²) in [6.45, 7) is 8.29. The van der Waals surface area contributed by atoms with Crippen molar-refractivity contribution in [1.29, 1.82) is 0 Å². The van der Waals surface area contributed by atoms with Crippen LogP contribution >= 0.6 is 0 Å². The summed E-state index contributed by atoms with van der Waals surface area (Å²) in [5, 5.41) is 3.05. The first-order valence-corrected chi connectivity index (χ1v) is 15.8. The topological polar surface area (TPSA) is 44.7 Å². The van der Waals surface area contributed by atoms with Gasteiger partial charge in [-0.1, -0.05) is 81.3 Å². The van der Waals surface area contributed by atoms with E-state index < -0.39 is 0 Å². The molecule has 2 aromatic carbocycles. The Balaban J connectivity index is 1.42. The molecule has 41 heavy (non-hydrogen) atoms. The Morgan fingerprint density at radius 3 is 2.20 bits per heavy atom. The normalized spacial score (nSPS) is 19.6. The van der Waals surface area contributed by atoms with Crippen LogP contribution in [0.2, 0.25) is 0 Å². The summed E-state index contributed by atoms with van der Waals surface area (Å²) in [7, 11) is 0. The molecule has 1 spiro atoms. The smallest absolute Gasteiger partial charge is 0.247 e. The van der Waals surface area contributed by atoms with Crippen LogP contribution < -0.4 is 5.32 Å². The summed E-state index contributed by atoms with van der Waals surface area (Å²) in [5.74, 6) is 0.507. The minimum Gasteiger partial charge on any atom is -0.352 e. The molecule has 0 radical (unpaired) electrons. The highest BCUT2D eigenvalue weighted by Gasteiger charge is 2.46. The zero-order chi connectivity index (χ0) is 28.8. The molecule has 0 bridgehead atoms. The number of halogens is 1. The monoisotopic (exact) mass is 555 g/mol. The van der Waals surface area contributed by atoms with Crippen LogP contribution in [0.1, 0.15) is 90.5 Å². The average molecular weight is 556 g/mol. The second kappa shape index (κ2) is 13.3. The van der Waals surface area contributed by atoms with Crippen molar-refractivity contribution < 1.29 is 9.18 Å². The number of hydrogen-bond acceptors (Lipinski definition) is 3. The third-order valence-corrected chi connectivity index (χ3v) is 9.08. The van der Waals surface area contributed by atoms with E-state index >= 15 is 0 Å². The van der Waals surface area contributed by atoms with Gasteiger partial charge in [0, 0.05) is 24.7 Å². The van der Waals surface area contributed by atoms with Gasteiger partial charge < -0.3 is 5.32 Å². The molecule has 1 amide bonds. The summed E-state index contributed by atoms with van der Waals surface area (Å²) in [6, 6.07) is 15.7. The molecule has 218 valence electrons. The molecule has 1 aliphatic heterocycles. The number of carbonyl (C=O) groups excluding carboxylic acids is 1. The van der Waals surface area contributed by atoms with Gasteiger partial charge in [0.15, 0.2) is 0 Å². The van der Waals surface area contributed by atoms with Gasteiger partial charge in [-0.15, -0.1) is 0 Å². The fourth-order valence-corrected chi connectivity index (χ4v) is 6.73. The second-order valence-corrected chi connectivity index (χ2v) is 12.5. The van der Waals surface area contributed by atoms with Gasteiger partial charge in [-0.05, 0) is 92.5 Å². The summed E-state index contributed by atoms with van der Waals surface area (Å²) >= 11 is 0. The Labute approximate surface area is 245 Å². The van der Waals surface area contributed by atoms with Gasteiger partial charge in [0.25, 0.3) is 0 Å². The van der Waals surface area contributed by atoms with Crippen molar-refractivity contribution in [1.82, 2.24) is 10.2 Å². The largest absolute Gasteiger partial charge is 0.352 e. The Hall–Kier alpha value is -3.05. The minimum absolute atomic E-state index is 0.0838. The van der Waals surface area contributed by atoms with Gasteiger partial charge >= 0.3 is 0 Å². The third-order valence-electron chi connectivity index (χ3n) is 9.08. The fraction of sp³-hybridized carbons (Fsp3) is 0.500. The fourth-order valence-electron chi connectivity index (χ4n) is 6.73. The van der Waals surface area contributed by atoms with Crippen molar-refractivity contribution in [2.24, 2.45) is 10.9 Å². The van der Waals surface area contributed by atoms with Gasteiger partial charge in [0.2, 0.25) is 5.91 Å². The number of nitrogens with zero attached hydrogens (tertiary/aromatic N) is 2. The zero-order valence-electron chi connectivity index (χ0n) is 25.1. The van der Waals surface area contributed by atoms with Crippen LogP contribution in [0.25, 0.3) is 11.1 Å². The highest BCUT2D eigenvalue weighted by Crippen LogP contribution is 2.43. The predicted octanol–water partition coefficient (Wildman–Crippen LogP) is 8.24. The number of aliphatic imine (C=N–C) groups is 1. The van der Waals surface area contributed by atoms with Gasteiger partial charge in [-0.2, -0.15) is 0 Å². The van der Waals surface area contributed by atoms with Crippen LogP contribution in [0.15, 0.2) is 76.8 Å². The van der Waals surface area contributed by atoms with Crippen molar-refractivity contribution in [3.8, 4) is 11.1 Å². The van der Waals surface area contributed by atoms with Gasteiger partial charge in [0.1, 0.15) is 11.5 Å². The van der Waals surface area contributed by atoms with E-state index in [4.69, 9.17) is 4.99 Å². The number of rotatable bonds is 10. The standard InChI is InChI=1S/C36H46FN3O/c1-4-24-38-35(41)31-15-13-30(14-16-31)34(21-8-26(2)3)40-25-33(39-36(40)22-6-5-7-23-36)29-11-9-27(10-12-29)28-17-19-32(37)20-18-28/h9-13,15,17-20,26,34H,4-8,14,16,21-25H2,1-3H3,(H,38,41). The van der Waals surface area contributed by atoms with Crippen molar-refractivity contribution in [2.45, 2.75) is 96.7 Å². The number of carbonyl (C=O) groups is 1. The number of nitrogens with one attached hydrogen (secondary N) is 1. The molecule has 1 unspecified atom stereocenters. The van der Waals surface area contributed by atoms with E-state index in [9.17, 15) is 9.18 Å². The minimum atomic E-state index is -0.213. The first-order chi connectivity index (χ1) is 19.9. The van der Waals surface area contributed by atoms with E-state index in [-0.39, 0.29) is 17.4 Å². The Morgan fingerprint density at radius 2 is 1.59 bits per heavy atom. The molecule has 5 heteroatoms. The molecule has 1 heterocycles. The van der Waals surface area contributed by atoms with Crippen molar-refractivity contribution in [3.05, 3.63) is 83.2 Å². The Kier molecular flexibility index (Phi) is 9.54. The maximum absolute atomic E-state index is 13.4. The number of allylic oxidation sites excluding steroid dienone is 2. The summed E-state index contributed by atoms with van der Waals surface area (Å²) < 4.78 is 13.4. The van der Waals surface area contributed by atoms with E-state index in [1.807, 2.05) is 12.1 Å². The third kappa shape index (κ3) is 6.89. The van der Waals surface area contributed by atoms with Crippen molar-refractivity contribution >= 4 is 11.6 Å². The van der Waals surface area contributed by atoms with Crippen LogP contribution in [0.3, 0.4) is 0 Å². The molecule has 1 atom stereocenters. The van der Waals surface area contributed by atoms with Crippen LogP contribution in [-0.2, 0) is 4.79 Å². The number of benzene rings is 2. The van der Waals surface area contributed by atoms with E-state index in [1.54, 1.807) is 0 Å². The lowest BCUT2D eigenvalue weighted by molar-refractivity contribution is -0.117. The first-order valence-electron chi connectivity index (χ1n) is 15.8. The van der Waals surface area contributed by atoms with Crippen LogP contribution in [0.5, 0.6) is 0 Å². The maximum atomic E-state index is 13.4. The van der Waals surface area contributed by atoms with Crippen LogP contribution in [0.4, 0.5) is 4.39 Å². The van der Waals surface area contributed by atoms with E-state index in [2.05, 4.69) is 67.4 Å². The molecule has 0 saturated heterocycles. The molecule has 1 fully saturated rings. The van der Waals surface area contributed by atoms with E-state index in [0.717, 1.165) is 68.3 Å². The van der Waals surface area contributed by atoms with Crippen molar-refractivity contribution in [3.63, 3.8) is 0 Å². The quantitative estimate of drug-likeness (QED) is 0.321. The number of amides is 1. The second-order valence-electron chi connectivity index (χ2n) is 12.5. The molecule has 3 aliphatic rings. The molecule has 5 rings (SSSR count). The average Bonchev–Trinajstić information content (AvgIpc) is 3.35. The van der Waals surface area contributed by atoms with Gasteiger partial charge in [0.05, 0.1) is 5.71 Å². The van der Waals surface area contributed by atoms with Crippen LogP contribution in [-0.4, -0.2) is 41.3 Å². The molecule has 4 nitrogen and oxygen atoms in total. The van der Waals surface area contributed by atoms with E-state index in [0.29, 0.717) is 12.0 Å². The molecule has 1 saturated carbocycles. The molecule has 0 aromatic heterocycles. The Morgan fingerprint density at radius 1 is 0.927 bits per heavy atom. The highest BCUT2D eigenvalue weighted by atomic mass is 19.1. The number of hydrogen-bond donors (Lipinski definition) is 1. The zero-order valence-corrected chi connectivity index (χ0v) is 25.1. The summed E-state index contributed by atoms with van der Waals surface area (Å²) in [6.07, 6.45) is 15.2. The summed E-state index contributed by atoms with van der Waals surface area (Å²) in [5.41, 5.74) is 6.67. The van der Waals surface area contributed by atoms with E-state index in [1.165, 1.54) is 54.7 Å². The first kappa shape index (κ1) is 29.4. The predicted molar refractivity (Wildman–Crippen MR) is 167 cm³/mol.